The Morgan fingerprint density at radius 3 is 2.40 bits per heavy atom. The number of aryl methyl sites for hydroxylation is 2. The number of carbonyl (C=O) groups is 1. The number of amides is 1. The molecule has 0 aliphatic rings. The van der Waals surface area contributed by atoms with Gasteiger partial charge in [-0.15, -0.1) is 0 Å². The minimum absolute atomic E-state index is 0.0193. The van der Waals surface area contributed by atoms with Gasteiger partial charge in [-0.2, -0.15) is 5.10 Å². The maximum absolute atomic E-state index is 12.2. The van der Waals surface area contributed by atoms with Crippen molar-refractivity contribution in [3.63, 3.8) is 0 Å². The van der Waals surface area contributed by atoms with Gasteiger partial charge >= 0.3 is 0 Å². The lowest BCUT2D eigenvalue weighted by Gasteiger charge is -2.14. The van der Waals surface area contributed by atoms with E-state index in [1.54, 1.807) is 24.3 Å². The van der Waals surface area contributed by atoms with Crippen LogP contribution in [0.5, 0.6) is 0 Å². The van der Waals surface area contributed by atoms with E-state index < -0.39 is 9.84 Å². The fourth-order valence-electron chi connectivity index (χ4n) is 2.64. The topological polar surface area (TPSA) is 81.1 Å². The number of nitrogens with one attached hydrogen (secondary N) is 1. The molecular formula is C18H25N3O3S. The summed E-state index contributed by atoms with van der Waals surface area (Å²) in [5.41, 5.74) is 3.30. The van der Waals surface area contributed by atoms with Crippen LogP contribution >= 0.6 is 0 Å². The van der Waals surface area contributed by atoms with E-state index in [1.807, 2.05) is 24.6 Å². The summed E-state index contributed by atoms with van der Waals surface area (Å²) in [5.74, 6) is 0.0618. The van der Waals surface area contributed by atoms with Crippen molar-refractivity contribution in [2.45, 2.75) is 33.1 Å². The lowest BCUT2D eigenvalue weighted by Crippen LogP contribution is -2.30. The molecule has 136 valence electrons. The van der Waals surface area contributed by atoms with Crippen LogP contribution in [0.4, 0.5) is 0 Å². The van der Waals surface area contributed by atoms with E-state index in [4.69, 9.17) is 0 Å². The smallest absolute Gasteiger partial charge is 0.251 e. The normalized spacial score (nSPS) is 12.8. The number of rotatable bonds is 7. The maximum atomic E-state index is 12.2. The number of hydrogen-bond acceptors (Lipinski definition) is 4. The molecule has 0 saturated carbocycles. The van der Waals surface area contributed by atoms with Crippen LogP contribution in [0.25, 0.3) is 0 Å². The minimum Gasteiger partial charge on any atom is -0.352 e. The Morgan fingerprint density at radius 2 is 1.88 bits per heavy atom. The number of aromatic nitrogens is 2. The summed E-state index contributed by atoms with van der Waals surface area (Å²) in [6, 6.07) is 8.69. The number of carbonyl (C=O) groups excluding carboxylic acids is 1. The van der Waals surface area contributed by atoms with Crippen LogP contribution in [0.15, 0.2) is 30.3 Å². The quantitative estimate of drug-likeness (QED) is 0.817. The molecule has 0 saturated heterocycles. The van der Waals surface area contributed by atoms with Crippen molar-refractivity contribution in [3.05, 3.63) is 52.8 Å². The Labute approximate surface area is 149 Å². The number of hydrogen-bond donors (Lipinski definition) is 1. The predicted octanol–water partition coefficient (Wildman–Crippen LogP) is 2.11. The van der Waals surface area contributed by atoms with Crippen LogP contribution in [0.1, 0.15) is 34.2 Å². The Kier molecular flexibility index (Phi) is 6.00. The molecule has 6 nitrogen and oxygen atoms in total. The summed E-state index contributed by atoms with van der Waals surface area (Å²) in [6.07, 6.45) is 1.19. The average Bonchev–Trinajstić information content (AvgIpc) is 2.81. The second-order valence-electron chi connectivity index (χ2n) is 6.69. The summed E-state index contributed by atoms with van der Waals surface area (Å²) in [6.45, 7) is 7.33. The van der Waals surface area contributed by atoms with Gasteiger partial charge in [-0.25, -0.2) is 8.42 Å². The Balaban J connectivity index is 1.88. The van der Waals surface area contributed by atoms with Crippen molar-refractivity contribution in [1.29, 1.82) is 0 Å². The van der Waals surface area contributed by atoms with Crippen LogP contribution in [-0.4, -0.2) is 36.9 Å². The maximum Gasteiger partial charge on any atom is 0.251 e. The van der Waals surface area contributed by atoms with Gasteiger partial charge in [0.1, 0.15) is 0 Å². The molecule has 1 aromatic carbocycles. The van der Waals surface area contributed by atoms with Gasteiger partial charge in [-0.05, 0) is 43.5 Å². The van der Waals surface area contributed by atoms with Crippen molar-refractivity contribution in [2.75, 3.05) is 12.8 Å². The zero-order chi connectivity index (χ0) is 18.6. The molecule has 1 atom stereocenters. The second-order valence-corrected chi connectivity index (χ2v) is 8.83. The molecule has 2 aromatic rings. The number of benzene rings is 1. The van der Waals surface area contributed by atoms with E-state index in [1.165, 1.54) is 6.26 Å². The average molecular weight is 363 g/mol. The molecule has 25 heavy (non-hydrogen) atoms. The fraction of sp³-hybridized carbons (Fsp3) is 0.444. The molecule has 0 aliphatic carbocycles. The fourth-order valence-corrected chi connectivity index (χ4v) is 3.44. The molecular weight excluding hydrogens is 338 g/mol. The summed E-state index contributed by atoms with van der Waals surface area (Å²) in [7, 11) is -3.07. The molecule has 0 aliphatic heterocycles. The van der Waals surface area contributed by atoms with Gasteiger partial charge < -0.3 is 5.32 Å². The van der Waals surface area contributed by atoms with E-state index in [9.17, 15) is 13.2 Å². The molecule has 0 radical (unpaired) electrons. The summed E-state index contributed by atoms with van der Waals surface area (Å²) in [5, 5.41) is 7.34. The van der Waals surface area contributed by atoms with Crippen molar-refractivity contribution < 1.29 is 13.2 Å². The van der Waals surface area contributed by atoms with Crippen molar-refractivity contribution >= 4 is 15.7 Å². The molecule has 0 bridgehead atoms. The molecule has 2 rings (SSSR count). The third-order valence-electron chi connectivity index (χ3n) is 3.84. The Bertz CT molecular complexity index is 839. The van der Waals surface area contributed by atoms with Crippen molar-refractivity contribution in [3.8, 4) is 0 Å². The first-order chi connectivity index (χ1) is 11.6. The largest absolute Gasteiger partial charge is 0.352 e. The highest BCUT2D eigenvalue weighted by Crippen LogP contribution is 2.09. The third kappa shape index (κ3) is 6.01. The first kappa shape index (κ1) is 19.2. The predicted molar refractivity (Wildman–Crippen MR) is 98.2 cm³/mol. The first-order valence-electron chi connectivity index (χ1n) is 8.20. The van der Waals surface area contributed by atoms with Gasteiger partial charge in [-0.1, -0.05) is 19.1 Å². The van der Waals surface area contributed by atoms with E-state index in [0.29, 0.717) is 17.7 Å². The molecule has 1 N–H and O–H groups in total. The molecule has 0 unspecified atom stereocenters. The summed E-state index contributed by atoms with van der Waals surface area (Å²) >= 11 is 0. The van der Waals surface area contributed by atoms with Gasteiger partial charge in [0.05, 0.1) is 11.4 Å². The second kappa shape index (κ2) is 7.82. The van der Waals surface area contributed by atoms with E-state index in [0.717, 1.165) is 17.9 Å². The minimum atomic E-state index is -3.07. The summed E-state index contributed by atoms with van der Waals surface area (Å²) in [4.78, 5) is 12.2. The number of nitrogens with zero attached hydrogens (tertiary/aromatic N) is 2. The van der Waals surface area contributed by atoms with Gasteiger partial charge in [0.15, 0.2) is 9.84 Å². The van der Waals surface area contributed by atoms with Gasteiger partial charge in [0.2, 0.25) is 0 Å². The van der Waals surface area contributed by atoms with Crippen LogP contribution in [0.2, 0.25) is 0 Å². The van der Waals surface area contributed by atoms with E-state index in [2.05, 4.69) is 17.3 Å². The molecule has 0 fully saturated rings. The van der Waals surface area contributed by atoms with Crippen LogP contribution < -0.4 is 5.32 Å². The van der Waals surface area contributed by atoms with Gasteiger partial charge in [-0.3, -0.25) is 9.48 Å². The van der Waals surface area contributed by atoms with Crippen LogP contribution in [-0.2, 0) is 22.1 Å². The number of sulfone groups is 1. The molecule has 1 heterocycles. The standard InChI is InChI=1S/C18H25N3O3S/c1-13(11-21-15(3)9-14(2)20-21)10-19-18(22)17-7-5-16(6-8-17)12-25(4,23)24/h5-9,13H,10-12H2,1-4H3,(H,19,22)/t13-/m1/s1. The lowest BCUT2D eigenvalue weighted by molar-refractivity contribution is 0.0946. The van der Waals surface area contributed by atoms with Crippen molar-refractivity contribution in [2.24, 2.45) is 5.92 Å². The molecule has 7 heteroatoms. The monoisotopic (exact) mass is 363 g/mol. The van der Waals surface area contributed by atoms with Gasteiger partial charge in [0.25, 0.3) is 5.91 Å². The summed E-state index contributed by atoms with van der Waals surface area (Å²) < 4.78 is 24.5. The molecule has 1 aromatic heterocycles. The SMILES string of the molecule is Cc1cc(C)n(C[C@H](C)CNC(=O)c2ccc(CS(C)(=O)=O)cc2)n1. The molecule has 1 amide bonds. The van der Waals surface area contributed by atoms with Crippen LogP contribution in [0, 0.1) is 19.8 Å². The third-order valence-corrected chi connectivity index (χ3v) is 4.70. The lowest BCUT2D eigenvalue weighted by atomic mass is 10.1. The highest BCUT2D eigenvalue weighted by Gasteiger charge is 2.11. The Morgan fingerprint density at radius 1 is 1.24 bits per heavy atom. The van der Waals surface area contributed by atoms with Crippen LogP contribution in [0.3, 0.4) is 0 Å². The molecule has 0 spiro atoms. The first-order valence-corrected chi connectivity index (χ1v) is 10.3. The van der Waals surface area contributed by atoms with E-state index in [-0.39, 0.29) is 17.6 Å². The highest BCUT2D eigenvalue weighted by atomic mass is 32.2. The zero-order valence-electron chi connectivity index (χ0n) is 15.1. The zero-order valence-corrected chi connectivity index (χ0v) is 15.9. The van der Waals surface area contributed by atoms with Crippen molar-refractivity contribution in [1.82, 2.24) is 15.1 Å². The highest BCUT2D eigenvalue weighted by molar-refractivity contribution is 7.89. The Hall–Kier alpha value is -2.15. The van der Waals surface area contributed by atoms with E-state index >= 15 is 0 Å². The van der Waals surface area contributed by atoms with Gasteiger partial charge in [0, 0.05) is 30.6 Å².